The van der Waals surface area contributed by atoms with Crippen molar-refractivity contribution in [2.24, 2.45) is 0 Å². The summed E-state index contributed by atoms with van der Waals surface area (Å²) in [7, 11) is -4.22. The third kappa shape index (κ3) is 3.31. The van der Waals surface area contributed by atoms with Crippen molar-refractivity contribution in [2.75, 3.05) is 4.31 Å². The molecule has 3 aliphatic heterocycles. The largest absolute Gasteiger partial charge is 0.342 e. The van der Waals surface area contributed by atoms with Crippen molar-refractivity contribution in [2.45, 2.75) is 40.3 Å². The number of amides is 2. The summed E-state index contributed by atoms with van der Waals surface area (Å²) in [4.78, 5) is 28.4. The zero-order valence-corrected chi connectivity index (χ0v) is 21.2. The van der Waals surface area contributed by atoms with Gasteiger partial charge in [0.15, 0.2) is 0 Å². The van der Waals surface area contributed by atoms with E-state index in [0.717, 1.165) is 17.7 Å². The number of piperazine rings is 1. The van der Waals surface area contributed by atoms with Crippen LogP contribution in [0.1, 0.15) is 17.5 Å². The fraction of sp³-hybridized carbons (Fsp3) is 0.231. The fourth-order valence-electron chi connectivity index (χ4n) is 5.54. The first-order valence-electron chi connectivity index (χ1n) is 11.5. The van der Waals surface area contributed by atoms with E-state index in [1.807, 2.05) is 30.3 Å². The summed E-state index contributed by atoms with van der Waals surface area (Å²) in [5.74, 6) is -1.22. The Hall–Kier alpha value is -3.24. The summed E-state index contributed by atoms with van der Waals surface area (Å²) < 4.78 is 41.8. The molecule has 7 nitrogen and oxygen atoms in total. The average Bonchev–Trinajstić information content (AvgIpc) is 3.31. The van der Waals surface area contributed by atoms with E-state index in [-0.39, 0.29) is 29.6 Å². The maximum absolute atomic E-state index is 14.0. The molecule has 2 saturated heterocycles. The number of hydrogen-bond donors (Lipinski definition) is 1. The number of nitrogens with zero attached hydrogens (tertiary/aromatic N) is 2. The molecule has 6 rings (SSSR count). The van der Waals surface area contributed by atoms with Gasteiger partial charge < -0.3 is 10.2 Å². The van der Waals surface area contributed by atoms with Crippen LogP contribution in [-0.4, -0.2) is 43.4 Å². The quantitative estimate of drug-likeness (QED) is 0.488. The molecule has 10 heteroatoms. The van der Waals surface area contributed by atoms with Gasteiger partial charge in [-0.25, -0.2) is 17.1 Å². The third-order valence-corrected chi connectivity index (χ3v) is 10.1. The average molecular weight is 570 g/mol. The minimum absolute atomic E-state index is 0.103. The molecule has 3 unspecified atom stereocenters. The van der Waals surface area contributed by atoms with Crippen molar-refractivity contribution in [3.63, 3.8) is 0 Å². The number of benzene rings is 3. The molecule has 184 valence electrons. The molecule has 2 fully saturated rings. The van der Waals surface area contributed by atoms with Gasteiger partial charge in [-0.05, 0) is 41.5 Å². The molecule has 0 bridgehead atoms. The predicted molar refractivity (Wildman–Crippen MR) is 134 cm³/mol. The van der Waals surface area contributed by atoms with E-state index in [0.29, 0.717) is 11.3 Å². The van der Waals surface area contributed by atoms with Crippen molar-refractivity contribution >= 4 is 43.5 Å². The number of sulfonamides is 1. The molecule has 3 aromatic carbocycles. The predicted octanol–water partition coefficient (Wildman–Crippen LogP) is 3.29. The van der Waals surface area contributed by atoms with Crippen LogP contribution in [0, 0.1) is 5.82 Å². The highest BCUT2D eigenvalue weighted by molar-refractivity contribution is 9.09. The van der Waals surface area contributed by atoms with E-state index in [1.54, 1.807) is 24.3 Å². The molecule has 3 aliphatic rings. The molecular weight excluding hydrogens is 549 g/mol. The Morgan fingerprint density at radius 1 is 0.972 bits per heavy atom. The summed E-state index contributed by atoms with van der Waals surface area (Å²) in [6.07, 6.45) is -0.514. The zero-order valence-electron chi connectivity index (χ0n) is 18.8. The number of carbonyl (C=O) groups excluding carboxylic acids is 2. The van der Waals surface area contributed by atoms with Gasteiger partial charge in [0.1, 0.15) is 24.1 Å². The second-order valence-corrected chi connectivity index (χ2v) is 12.5. The van der Waals surface area contributed by atoms with Crippen LogP contribution in [-0.2, 0) is 30.4 Å². The zero-order chi connectivity index (χ0) is 25.2. The van der Waals surface area contributed by atoms with Crippen LogP contribution in [0.25, 0.3) is 0 Å². The lowest BCUT2D eigenvalue weighted by Crippen LogP contribution is -2.66. The van der Waals surface area contributed by atoms with Crippen LogP contribution in [0.15, 0.2) is 83.8 Å². The summed E-state index contributed by atoms with van der Waals surface area (Å²) in [6, 6.07) is 19.3. The number of fused-ring (bicyclic) bond motifs is 5. The molecule has 0 radical (unpaired) electrons. The first kappa shape index (κ1) is 23.2. The summed E-state index contributed by atoms with van der Waals surface area (Å²) in [6.45, 7) is 0. The molecule has 2 amide bonds. The smallest absolute Gasteiger partial charge is 0.266 e. The number of halogens is 2. The fourth-order valence-corrected chi connectivity index (χ4v) is 8.42. The van der Waals surface area contributed by atoms with E-state index in [9.17, 15) is 22.4 Å². The van der Waals surface area contributed by atoms with Crippen molar-refractivity contribution < 1.29 is 22.4 Å². The number of nitrogens with one attached hydrogen (secondary N) is 1. The van der Waals surface area contributed by atoms with Crippen LogP contribution in [0.5, 0.6) is 0 Å². The monoisotopic (exact) mass is 569 g/mol. The Labute approximate surface area is 216 Å². The van der Waals surface area contributed by atoms with Crippen LogP contribution in [0.4, 0.5) is 10.1 Å². The summed E-state index contributed by atoms with van der Waals surface area (Å²) >= 11 is 3.78. The first-order valence-corrected chi connectivity index (χ1v) is 13.7. The Balaban J connectivity index is 1.47. The molecular formula is C26H21BrFN3O4S. The van der Waals surface area contributed by atoms with Crippen LogP contribution in [0.2, 0.25) is 0 Å². The van der Waals surface area contributed by atoms with Crippen molar-refractivity contribution in [3.05, 3.63) is 95.8 Å². The van der Waals surface area contributed by atoms with Gasteiger partial charge in [-0.2, -0.15) is 0 Å². The van der Waals surface area contributed by atoms with E-state index in [2.05, 4.69) is 21.2 Å². The van der Waals surface area contributed by atoms with Gasteiger partial charge in [-0.3, -0.25) is 9.59 Å². The molecule has 1 N–H and O–H groups in total. The third-order valence-electron chi connectivity index (χ3n) is 7.14. The van der Waals surface area contributed by atoms with Crippen molar-refractivity contribution in [1.29, 1.82) is 0 Å². The number of rotatable bonds is 4. The lowest BCUT2D eigenvalue weighted by Gasteiger charge is -2.41. The topological polar surface area (TPSA) is 86.8 Å². The van der Waals surface area contributed by atoms with Gasteiger partial charge in [0.2, 0.25) is 11.8 Å². The van der Waals surface area contributed by atoms with Crippen LogP contribution < -0.4 is 9.62 Å². The van der Waals surface area contributed by atoms with Crippen molar-refractivity contribution in [3.8, 4) is 0 Å². The number of hydrogen-bond acceptors (Lipinski definition) is 4. The van der Waals surface area contributed by atoms with Crippen molar-refractivity contribution in [1.82, 2.24) is 10.2 Å². The maximum atomic E-state index is 14.0. The summed E-state index contributed by atoms with van der Waals surface area (Å²) in [5, 5.41) is 2.85. The summed E-state index contributed by atoms with van der Waals surface area (Å²) in [5.41, 5.74) is 1.97. The molecule has 0 spiro atoms. The maximum Gasteiger partial charge on any atom is 0.266 e. The molecule has 3 aromatic rings. The van der Waals surface area contributed by atoms with Crippen LogP contribution >= 0.6 is 15.9 Å². The van der Waals surface area contributed by atoms with E-state index >= 15 is 0 Å². The number of anilines is 1. The highest BCUT2D eigenvalue weighted by Crippen LogP contribution is 2.59. The SMILES string of the molecule is O=C1NC(Cc2ccccc2)C(=O)N2C1C[C@]1(Br)c3ccccc3N(S(=O)(=O)c3ccc(F)cc3)C21. The Kier molecular flexibility index (Phi) is 5.24. The van der Waals surface area contributed by atoms with Gasteiger partial charge in [-0.1, -0.05) is 64.5 Å². The van der Waals surface area contributed by atoms with Gasteiger partial charge in [-0.15, -0.1) is 0 Å². The highest BCUT2D eigenvalue weighted by atomic mass is 79.9. The first-order chi connectivity index (χ1) is 17.2. The van der Waals surface area contributed by atoms with E-state index in [4.69, 9.17) is 0 Å². The normalized spacial score (nSPS) is 26.9. The number of para-hydroxylation sites is 1. The van der Waals surface area contributed by atoms with Crippen LogP contribution in [0.3, 0.4) is 0 Å². The highest BCUT2D eigenvalue weighted by Gasteiger charge is 2.66. The lowest BCUT2D eigenvalue weighted by atomic mass is 9.95. The van der Waals surface area contributed by atoms with Gasteiger partial charge in [0.25, 0.3) is 10.0 Å². The Bertz CT molecular complexity index is 1480. The standard InChI is InChI=1S/C26H21BrFN3O4S/c27-26-15-22-23(32)29-20(14-16-6-2-1-3-7-16)24(33)30(22)25(26)31(21-9-5-4-8-19(21)26)36(34,35)18-12-10-17(28)11-13-18/h1-13,20,22,25H,14-15H2,(H,29,32)/t20?,22?,25?,26-/m0/s1. The van der Waals surface area contributed by atoms with Gasteiger partial charge >= 0.3 is 0 Å². The minimum atomic E-state index is -4.22. The van der Waals surface area contributed by atoms with Gasteiger partial charge in [0.05, 0.1) is 14.9 Å². The second kappa shape index (κ2) is 8.14. The Morgan fingerprint density at radius 3 is 2.36 bits per heavy atom. The van der Waals surface area contributed by atoms with E-state index in [1.165, 1.54) is 21.3 Å². The lowest BCUT2D eigenvalue weighted by molar-refractivity contribution is -0.148. The minimum Gasteiger partial charge on any atom is -0.342 e. The molecule has 0 saturated carbocycles. The number of alkyl halides is 1. The number of carbonyl (C=O) groups is 2. The van der Waals surface area contributed by atoms with E-state index < -0.39 is 38.4 Å². The molecule has 4 atom stereocenters. The Morgan fingerprint density at radius 2 is 1.64 bits per heavy atom. The molecule has 0 aromatic heterocycles. The molecule has 36 heavy (non-hydrogen) atoms. The van der Waals surface area contributed by atoms with Gasteiger partial charge in [0, 0.05) is 12.8 Å². The molecule has 0 aliphatic carbocycles. The molecule has 3 heterocycles. The second-order valence-electron chi connectivity index (χ2n) is 9.22.